The number of aryl methyl sites for hydroxylation is 2. The summed E-state index contributed by atoms with van der Waals surface area (Å²) in [4.78, 5) is 18.7. The van der Waals surface area contributed by atoms with Crippen LogP contribution in [-0.4, -0.2) is 21.5 Å². The van der Waals surface area contributed by atoms with Crippen LogP contribution in [0, 0.1) is 0 Å². The van der Waals surface area contributed by atoms with E-state index in [4.69, 9.17) is 4.98 Å². The van der Waals surface area contributed by atoms with Gasteiger partial charge in [-0.15, -0.1) is 0 Å². The molecule has 4 nitrogen and oxygen atoms in total. The quantitative estimate of drug-likeness (QED) is 0.287. The number of hydrogen-bond acceptors (Lipinski definition) is 2. The lowest BCUT2D eigenvalue weighted by molar-refractivity contribution is -0.123. The molecule has 1 heterocycles. The monoisotopic (exact) mass is 461 g/mol. The summed E-state index contributed by atoms with van der Waals surface area (Å²) in [7, 11) is 0. The van der Waals surface area contributed by atoms with Gasteiger partial charge in [0.1, 0.15) is 11.9 Å². The maximum absolute atomic E-state index is 13.7. The first-order valence-electron chi connectivity index (χ1n) is 12.4. The van der Waals surface area contributed by atoms with Crippen molar-refractivity contribution < 1.29 is 4.79 Å². The first-order chi connectivity index (χ1) is 17.1. The summed E-state index contributed by atoms with van der Waals surface area (Å²) < 4.78 is 2.15. The Morgan fingerprint density at radius 2 is 1.54 bits per heavy atom. The number of amides is 1. The number of hydrogen-bond donors (Lipinski definition) is 1. The van der Waals surface area contributed by atoms with E-state index >= 15 is 0 Å². The van der Waals surface area contributed by atoms with Crippen LogP contribution in [0.3, 0.4) is 0 Å². The summed E-state index contributed by atoms with van der Waals surface area (Å²) in [6.45, 7) is 4.00. The summed E-state index contributed by atoms with van der Waals surface area (Å²) >= 11 is 0. The van der Waals surface area contributed by atoms with Crippen LogP contribution in [0.1, 0.15) is 43.3 Å². The SMILES string of the molecule is CC(C)NC(=O)C(c1ccc2ccccc2c1)n1c(CCCc2ccccc2)nc2ccccc21. The fraction of sp³-hybridized carbons (Fsp3) is 0.226. The van der Waals surface area contributed by atoms with Gasteiger partial charge >= 0.3 is 0 Å². The van der Waals surface area contributed by atoms with Gasteiger partial charge in [-0.25, -0.2) is 4.98 Å². The van der Waals surface area contributed by atoms with Crippen LogP contribution in [0.15, 0.2) is 97.1 Å². The lowest BCUT2D eigenvalue weighted by Crippen LogP contribution is -2.38. The first-order valence-corrected chi connectivity index (χ1v) is 12.4. The van der Waals surface area contributed by atoms with Crippen molar-refractivity contribution in [3.8, 4) is 0 Å². The summed E-state index contributed by atoms with van der Waals surface area (Å²) in [5.41, 5.74) is 4.19. The van der Waals surface area contributed by atoms with Gasteiger partial charge in [-0.2, -0.15) is 0 Å². The van der Waals surface area contributed by atoms with E-state index in [-0.39, 0.29) is 11.9 Å². The van der Waals surface area contributed by atoms with Crippen molar-refractivity contribution in [2.75, 3.05) is 0 Å². The molecule has 35 heavy (non-hydrogen) atoms. The molecule has 4 heteroatoms. The molecule has 4 aromatic carbocycles. The number of carbonyl (C=O) groups is 1. The highest BCUT2D eigenvalue weighted by Gasteiger charge is 2.28. The highest BCUT2D eigenvalue weighted by atomic mass is 16.2. The number of nitrogens with one attached hydrogen (secondary N) is 1. The summed E-state index contributed by atoms with van der Waals surface area (Å²) in [6.07, 6.45) is 2.73. The molecule has 0 radical (unpaired) electrons. The molecule has 0 bridgehead atoms. The van der Waals surface area contributed by atoms with Crippen molar-refractivity contribution in [2.45, 2.75) is 45.2 Å². The van der Waals surface area contributed by atoms with E-state index in [1.807, 2.05) is 50.2 Å². The third kappa shape index (κ3) is 4.97. The zero-order valence-electron chi connectivity index (χ0n) is 20.3. The Kier molecular flexibility index (Phi) is 6.62. The van der Waals surface area contributed by atoms with E-state index in [1.165, 1.54) is 5.56 Å². The van der Waals surface area contributed by atoms with Crippen LogP contribution in [0.5, 0.6) is 0 Å². The van der Waals surface area contributed by atoms with Crippen LogP contribution in [0.25, 0.3) is 21.8 Å². The number of nitrogens with zero attached hydrogens (tertiary/aromatic N) is 2. The molecule has 0 spiro atoms. The molecule has 1 atom stereocenters. The Balaban J connectivity index is 1.59. The molecule has 5 rings (SSSR count). The molecule has 1 amide bonds. The molecule has 5 aromatic rings. The molecular weight excluding hydrogens is 430 g/mol. The Morgan fingerprint density at radius 1 is 0.829 bits per heavy atom. The van der Waals surface area contributed by atoms with Gasteiger partial charge in [0.2, 0.25) is 5.91 Å². The normalized spacial score (nSPS) is 12.3. The Morgan fingerprint density at radius 3 is 2.34 bits per heavy atom. The van der Waals surface area contributed by atoms with Gasteiger partial charge in [0.05, 0.1) is 11.0 Å². The molecule has 1 aromatic heterocycles. The fourth-order valence-electron chi connectivity index (χ4n) is 4.81. The maximum atomic E-state index is 13.7. The minimum Gasteiger partial charge on any atom is -0.352 e. The molecular formula is C31H31N3O. The second kappa shape index (κ2) is 10.1. The number of aromatic nitrogens is 2. The number of rotatable bonds is 8. The van der Waals surface area contributed by atoms with Crippen LogP contribution >= 0.6 is 0 Å². The number of benzene rings is 4. The van der Waals surface area contributed by atoms with Crippen molar-refractivity contribution in [3.05, 3.63) is 114 Å². The molecule has 0 saturated carbocycles. The largest absolute Gasteiger partial charge is 0.352 e. The number of para-hydroxylation sites is 2. The van der Waals surface area contributed by atoms with E-state index in [2.05, 4.69) is 70.5 Å². The van der Waals surface area contributed by atoms with Crippen molar-refractivity contribution in [2.24, 2.45) is 0 Å². The molecule has 0 saturated heterocycles. The van der Waals surface area contributed by atoms with E-state index in [0.717, 1.165) is 52.5 Å². The molecule has 176 valence electrons. The average molecular weight is 462 g/mol. The Labute approximate surface area is 206 Å². The minimum absolute atomic E-state index is 0.0113. The van der Waals surface area contributed by atoms with Crippen LogP contribution < -0.4 is 5.32 Å². The molecule has 0 fully saturated rings. The number of imidazole rings is 1. The standard InChI is InChI=1S/C31H31N3O/c1-22(2)32-31(35)30(26-20-19-24-14-6-7-15-25(24)21-26)34-28-17-9-8-16-27(28)33-29(34)18-10-13-23-11-4-3-5-12-23/h3-9,11-12,14-17,19-22,30H,10,13,18H2,1-2H3,(H,32,35). The van der Waals surface area contributed by atoms with Gasteiger partial charge in [0.25, 0.3) is 0 Å². The van der Waals surface area contributed by atoms with Gasteiger partial charge in [0.15, 0.2) is 0 Å². The van der Waals surface area contributed by atoms with Gasteiger partial charge in [-0.3, -0.25) is 4.79 Å². The lowest BCUT2D eigenvalue weighted by Gasteiger charge is -2.23. The molecule has 0 aliphatic rings. The van der Waals surface area contributed by atoms with E-state index in [9.17, 15) is 4.79 Å². The van der Waals surface area contributed by atoms with Crippen molar-refractivity contribution >= 4 is 27.7 Å². The average Bonchev–Trinajstić information content (AvgIpc) is 3.22. The van der Waals surface area contributed by atoms with E-state index in [1.54, 1.807) is 0 Å². The van der Waals surface area contributed by atoms with Crippen LogP contribution in [0.2, 0.25) is 0 Å². The minimum atomic E-state index is -0.499. The van der Waals surface area contributed by atoms with Gasteiger partial charge in [0, 0.05) is 12.5 Å². The van der Waals surface area contributed by atoms with Gasteiger partial charge in [-0.1, -0.05) is 78.9 Å². The predicted octanol–water partition coefficient (Wildman–Crippen LogP) is 6.48. The smallest absolute Gasteiger partial charge is 0.247 e. The van der Waals surface area contributed by atoms with Crippen LogP contribution in [0.4, 0.5) is 0 Å². The Hall–Kier alpha value is -3.92. The van der Waals surface area contributed by atoms with E-state index in [0.29, 0.717) is 0 Å². The van der Waals surface area contributed by atoms with Crippen molar-refractivity contribution in [1.82, 2.24) is 14.9 Å². The predicted molar refractivity (Wildman–Crippen MR) is 144 cm³/mol. The zero-order chi connectivity index (χ0) is 24.2. The second-order valence-corrected chi connectivity index (χ2v) is 9.40. The number of carbonyl (C=O) groups excluding carboxylic acids is 1. The zero-order valence-corrected chi connectivity index (χ0v) is 20.3. The third-order valence-corrected chi connectivity index (χ3v) is 6.40. The molecule has 0 aliphatic carbocycles. The third-order valence-electron chi connectivity index (χ3n) is 6.40. The second-order valence-electron chi connectivity index (χ2n) is 9.40. The van der Waals surface area contributed by atoms with E-state index < -0.39 is 6.04 Å². The summed E-state index contributed by atoms with van der Waals surface area (Å²) in [5.74, 6) is 0.932. The molecule has 1 N–H and O–H groups in total. The first kappa shape index (κ1) is 22.9. The highest BCUT2D eigenvalue weighted by molar-refractivity contribution is 5.90. The Bertz CT molecular complexity index is 1450. The van der Waals surface area contributed by atoms with Crippen LogP contribution in [-0.2, 0) is 17.6 Å². The summed E-state index contributed by atoms with van der Waals surface area (Å²) in [6, 6.07) is 32.8. The number of fused-ring (bicyclic) bond motifs is 2. The van der Waals surface area contributed by atoms with Crippen molar-refractivity contribution in [3.63, 3.8) is 0 Å². The summed E-state index contributed by atoms with van der Waals surface area (Å²) in [5, 5.41) is 5.46. The van der Waals surface area contributed by atoms with Gasteiger partial charge in [-0.05, 0) is 66.8 Å². The lowest BCUT2D eigenvalue weighted by atomic mass is 10.00. The fourth-order valence-corrected chi connectivity index (χ4v) is 4.81. The maximum Gasteiger partial charge on any atom is 0.247 e. The topological polar surface area (TPSA) is 46.9 Å². The molecule has 1 unspecified atom stereocenters. The van der Waals surface area contributed by atoms with Gasteiger partial charge < -0.3 is 9.88 Å². The molecule has 0 aliphatic heterocycles. The highest BCUT2D eigenvalue weighted by Crippen LogP contribution is 2.30. The van der Waals surface area contributed by atoms with Crippen molar-refractivity contribution in [1.29, 1.82) is 0 Å².